The minimum Gasteiger partial charge on any atom is -0.453 e. The second-order valence-electron chi connectivity index (χ2n) is 3.82. The highest BCUT2D eigenvalue weighted by molar-refractivity contribution is 5.67. The lowest BCUT2D eigenvalue weighted by molar-refractivity contribution is 0.159. The van der Waals surface area contributed by atoms with Crippen molar-refractivity contribution in [2.45, 2.75) is 45.1 Å². The highest BCUT2D eigenvalue weighted by Crippen LogP contribution is 2.26. The van der Waals surface area contributed by atoms with E-state index in [0.29, 0.717) is 5.92 Å². The fourth-order valence-electron chi connectivity index (χ4n) is 2.00. The van der Waals surface area contributed by atoms with Crippen LogP contribution in [-0.2, 0) is 4.74 Å². The van der Waals surface area contributed by atoms with Gasteiger partial charge in [-0.1, -0.05) is 19.3 Å². The van der Waals surface area contributed by atoms with Gasteiger partial charge in [0.2, 0.25) is 0 Å². The van der Waals surface area contributed by atoms with E-state index in [2.05, 4.69) is 17.0 Å². The molecule has 1 atom stereocenters. The lowest BCUT2D eigenvalue weighted by atomic mass is 9.85. The molecular weight excluding hydrogens is 166 g/mol. The minimum absolute atomic E-state index is 0.257. The molecule has 3 heteroatoms. The number of methoxy groups -OCH3 is 1. The molecule has 1 amide bonds. The highest BCUT2D eigenvalue weighted by atomic mass is 16.5. The fraction of sp³-hybridized carbons (Fsp3) is 0.900. The molecule has 1 unspecified atom stereocenters. The molecule has 1 rings (SSSR count). The summed E-state index contributed by atoms with van der Waals surface area (Å²) in [4.78, 5) is 10.9. The van der Waals surface area contributed by atoms with Crippen molar-refractivity contribution in [3.63, 3.8) is 0 Å². The molecule has 13 heavy (non-hydrogen) atoms. The van der Waals surface area contributed by atoms with Gasteiger partial charge in [-0.05, 0) is 25.7 Å². The van der Waals surface area contributed by atoms with Crippen molar-refractivity contribution in [3.05, 3.63) is 0 Å². The van der Waals surface area contributed by atoms with Crippen LogP contribution in [0.3, 0.4) is 0 Å². The summed E-state index contributed by atoms with van der Waals surface area (Å²) in [5.41, 5.74) is 0. The van der Waals surface area contributed by atoms with E-state index in [0.717, 1.165) is 0 Å². The smallest absolute Gasteiger partial charge is 0.407 e. The lowest BCUT2D eigenvalue weighted by Gasteiger charge is -2.27. The Morgan fingerprint density at radius 3 is 2.54 bits per heavy atom. The number of alkyl carbamates (subject to hydrolysis) is 1. The fourth-order valence-corrected chi connectivity index (χ4v) is 2.00. The van der Waals surface area contributed by atoms with Crippen molar-refractivity contribution < 1.29 is 9.53 Å². The third-order valence-electron chi connectivity index (χ3n) is 2.89. The first-order valence-corrected chi connectivity index (χ1v) is 5.08. The van der Waals surface area contributed by atoms with Crippen LogP contribution in [0.15, 0.2) is 0 Å². The number of carbonyl (C=O) groups excluding carboxylic acids is 1. The number of amides is 1. The average molecular weight is 185 g/mol. The van der Waals surface area contributed by atoms with Crippen LogP contribution in [0.1, 0.15) is 39.0 Å². The number of carbonyl (C=O) groups is 1. The van der Waals surface area contributed by atoms with E-state index < -0.39 is 0 Å². The maximum Gasteiger partial charge on any atom is 0.407 e. The van der Waals surface area contributed by atoms with Crippen LogP contribution in [-0.4, -0.2) is 19.2 Å². The molecule has 1 fully saturated rings. The van der Waals surface area contributed by atoms with Gasteiger partial charge in [-0.25, -0.2) is 4.79 Å². The summed E-state index contributed by atoms with van der Waals surface area (Å²) >= 11 is 0. The number of hydrogen-bond acceptors (Lipinski definition) is 2. The van der Waals surface area contributed by atoms with Crippen molar-refractivity contribution in [1.82, 2.24) is 5.32 Å². The van der Waals surface area contributed by atoms with E-state index in [4.69, 9.17) is 0 Å². The van der Waals surface area contributed by atoms with Crippen molar-refractivity contribution in [2.24, 2.45) is 5.92 Å². The monoisotopic (exact) mass is 185 g/mol. The van der Waals surface area contributed by atoms with Gasteiger partial charge in [-0.15, -0.1) is 0 Å². The maximum atomic E-state index is 10.9. The zero-order valence-corrected chi connectivity index (χ0v) is 8.51. The second-order valence-corrected chi connectivity index (χ2v) is 3.82. The molecule has 0 heterocycles. The van der Waals surface area contributed by atoms with Gasteiger partial charge in [-0.2, -0.15) is 0 Å². The largest absolute Gasteiger partial charge is 0.453 e. The van der Waals surface area contributed by atoms with Crippen LogP contribution < -0.4 is 5.32 Å². The third-order valence-corrected chi connectivity index (χ3v) is 2.89. The SMILES string of the molecule is COC(=O)NC(C)C1CCCCC1. The molecule has 0 radical (unpaired) electrons. The topological polar surface area (TPSA) is 38.3 Å². The molecule has 0 bridgehead atoms. The van der Waals surface area contributed by atoms with E-state index in [1.165, 1.54) is 39.2 Å². The van der Waals surface area contributed by atoms with Crippen molar-refractivity contribution in [3.8, 4) is 0 Å². The first-order valence-electron chi connectivity index (χ1n) is 5.08. The highest BCUT2D eigenvalue weighted by Gasteiger charge is 2.21. The minimum atomic E-state index is -0.307. The molecule has 0 aliphatic heterocycles. The first kappa shape index (κ1) is 10.4. The summed E-state index contributed by atoms with van der Waals surface area (Å²) in [7, 11) is 1.41. The van der Waals surface area contributed by atoms with Gasteiger partial charge < -0.3 is 10.1 Å². The van der Waals surface area contributed by atoms with E-state index in [9.17, 15) is 4.79 Å². The molecule has 0 aromatic rings. The molecule has 0 spiro atoms. The Kier molecular flexibility index (Phi) is 4.06. The van der Waals surface area contributed by atoms with Gasteiger partial charge in [-0.3, -0.25) is 0 Å². The normalized spacial score (nSPS) is 20.8. The number of hydrogen-bond donors (Lipinski definition) is 1. The van der Waals surface area contributed by atoms with Crippen molar-refractivity contribution >= 4 is 6.09 Å². The van der Waals surface area contributed by atoms with Gasteiger partial charge in [0, 0.05) is 6.04 Å². The Balaban J connectivity index is 2.28. The summed E-state index contributed by atoms with van der Waals surface area (Å²) in [6.45, 7) is 2.06. The average Bonchev–Trinajstić information content (AvgIpc) is 2.19. The summed E-state index contributed by atoms with van der Waals surface area (Å²) in [6.07, 6.45) is 6.13. The molecule has 0 aromatic carbocycles. The Morgan fingerprint density at radius 2 is 2.00 bits per heavy atom. The predicted molar refractivity (Wildman–Crippen MR) is 51.6 cm³/mol. The third kappa shape index (κ3) is 3.25. The molecule has 1 N–H and O–H groups in total. The summed E-state index contributed by atoms with van der Waals surface area (Å²) in [5, 5.41) is 2.84. The molecule has 1 aliphatic rings. The number of nitrogens with one attached hydrogen (secondary N) is 1. The predicted octanol–water partition coefficient (Wildman–Crippen LogP) is 2.31. The van der Waals surface area contributed by atoms with Crippen LogP contribution in [0.5, 0.6) is 0 Å². The number of rotatable bonds is 2. The molecule has 1 aliphatic carbocycles. The van der Waals surface area contributed by atoms with E-state index in [1.54, 1.807) is 0 Å². The Labute approximate surface area is 79.8 Å². The maximum absolute atomic E-state index is 10.9. The van der Waals surface area contributed by atoms with Crippen LogP contribution in [0.25, 0.3) is 0 Å². The Hall–Kier alpha value is -0.730. The number of ether oxygens (including phenoxy) is 1. The molecule has 1 saturated carbocycles. The molecular formula is C10H19NO2. The second kappa shape index (κ2) is 5.10. The summed E-state index contributed by atoms with van der Waals surface area (Å²) < 4.78 is 4.56. The van der Waals surface area contributed by atoms with Crippen molar-refractivity contribution in [2.75, 3.05) is 7.11 Å². The Bertz CT molecular complexity index is 164. The quantitative estimate of drug-likeness (QED) is 0.717. The standard InChI is InChI=1S/C10H19NO2/c1-8(11-10(12)13-2)9-6-4-3-5-7-9/h8-9H,3-7H2,1-2H3,(H,11,12). The van der Waals surface area contributed by atoms with E-state index in [-0.39, 0.29) is 12.1 Å². The zero-order valence-electron chi connectivity index (χ0n) is 8.51. The summed E-state index contributed by atoms with van der Waals surface area (Å²) in [6, 6.07) is 0.257. The van der Waals surface area contributed by atoms with Crippen LogP contribution in [0, 0.1) is 5.92 Å². The zero-order chi connectivity index (χ0) is 9.68. The van der Waals surface area contributed by atoms with E-state index in [1.807, 2.05) is 0 Å². The van der Waals surface area contributed by atoms with Crippen LogP contribution in [0.2, 0.25) is 0 Å². The summed E-state index contributed by atoms with van der Waals surface area (Å²) in [5.74, 6) is 0.646. The van der Waals surface area contributed by atoms with Gasteiger partial charge in [0.15, 0.2) is 0 Å². The molecule has 0 saturated heterocycles. The van der Waals surface area contributed by atoms with Crippen molar-refractivity contribution in [1.29, 1.82) is 0 Å². The first-order chi connectivity index (χ1) is 6.24. The molecule has 3 nitrogen and oxygen atoms in total. The Morgan fingerprint density at radius 1 is 1.38 bits per heavy atom. The van der Waals surface area contributed by atoms with Gasteiger partial charge >= 0.3 is 6.09 Å². The lowest BCUT2D eigenvalue weighted by Crippen LogP contribution is -2.38. The van der Waals surface area contributed by atoms with Gasteiger partial charge in [0.1, 0.15) is 0 Å². The molecule has 76 valence electrons. The van der Waals surface area contributed by atoms with Crippen LogP contribution in [0.4, 0.5) is 4.79 Å². The van der Waals surface area contributed by atoms with Gasteiger partial charge in [0.25, 0.3) is 0 Å². The molecule has 0 aromatic heterocycles. The van der Waals surface area contributed by atoms with E-state index >= 15 is 0 Å². The van der Waals surface area contributed by atoms with Gasteiger partial charge in [0.05, 0.1) is 7.11 Å². The van der Waals surface area contributed by atoms with Crippen LogP contribution >= 0.6 is 0 Å².